The van der Waals surface area contributed by atoms with E-state index in [9.17, 15) is 9.50 Å². The Balaban J connectivity index is 2.04. The topological polar surface area (TPSA) is 20.2 Å². The van der Waals surface area contributed by atoms with Gasteiger partial charge in [-0.2, -0.15) is 0 Å². The molecule has 92 valence electrons. The molecule has 1 nitrogen and oxygen atoms in total. The number of hydrogen-bond acceptors (Lipinski definition) is 1. The third-order valence-electron chi connectivity index (χ3n) is 3.31. The molecular weight excluding hydrogens is 239 g/mol. The first-order valence-electron chi connectivity index (χ1n) is 5.94. The van der Waals surface area contributed by atoms with Crippen molar-refractivity contribution in [2.75, 3.05) is 0 Å². The maximum atomic E-state index is 13.2. The Kier molecular flexibility index (Phi) is 4.19. The molecule has 0 spiro atoms. The second-order valence-electron chi connectivity index (χ2n) is 4.53. The van der Waals surface area contributed by atoms with Crippen LogP contribution in [0.5, 0.6) is 0 Å². The third-order valence-corrected chi connectivity index (χ3v) is 3.74. The van der Waals surface area contributed by atoms with Gasteiger partial charge >= 0.3 is 0 Å². The smallest absolute Gasteiger partial charge is 0.142 e. The summed E-state index contributed by atoms with van der Waals surface area (Å²) < 4.78 is 13.2. The number of aliphatic hydroxyl groups excluding tert-OH is 1. The van der Waals surface area contributed by atoms with Crippen molar-refractivity contribution in [2.24, 2.45) is 5.92 Å². The van der Waals surface area contributed by atoms with Crippen molar-refractivity contribution in [1.82, 2.24) is 0 Å². The first-order valence-corrected chi connectivity index (χ1v) is 6.32. The first-order chi connectivity index (χ1) is 8.18. The molecule has 1 aliphatic carbocycles. The molecule has 0 aromatic heterocycles. The van der Waals surface area contributed by atoms with Gasteiger partial charge in [-0.25, -0.2) is 4.39 Å². The van der Waals surface area contributed by atoms with Crippen LogP contribution in [0.25, 0.3) is 0 Å². The Morgan fingerprint density at radius 3 is 2.94 bits per heavy atom. The van der Waals surface area contributed by atoms with Crippen molar-refractivity contribution in [3.63, 3.8) is 0 Å². The summed E-state index contributed by atoms with van der Waals surface area (Å²) in [6.45, 7) is 0. The van der Waals surface area contributed by atoms with E-state index in [1.54, 1.807) is 12.1 Å². The molecule has 2 unspecified atom stereocenters. The predicted molar refractivity (Wildman–Crippen MR) is 67.6 cm³/mol. The van der Waals surface area contributed by atoms with Crippen molar-refractivity contribution >= 4 is 11.6 Å². The second kappa shape index (κ2) is 5.65. The predicted octanol–water partition coefficient (Wildman–Crippen LogP) is 3.74. The van der Waals surface area contributed by atoms with Crippen LogP contribution in [0, 0.1) is 11.7 Å². The first kappa shape index (κ1) is 12.6. The molecule has 2 rings (SSSR count). The van der Waals surface area contributed by atoms with Crippen LogP contribution in [0.1, 0.15) is 24.8 Å². The monoisotopic (exact) mass is 254 g/mol. The summed E-state index contributed by atoms with van der Waals surface area (Å²) in [5, 5.41) is 10.3. The van der Waals surface area contributed by atoms with E-state index in [0.717, 1.165) is 19.3 Å². The van der Waals surface area contributed by atoms with Crippen LogP contribution in [-0.2, 0) is 6.42 Å². The van der Waals surface area contributed by atoms with Crippen LogP contribution in [0.15, 0.2) is 30.4 Å². The van der Waals surface area contributed by atoms with E-state index in [1.807, 2.05) is 0 Å². The van der Waals surface area contributed by atoms with Crippen molar-refractivity contribution in [3.8, 4) is 0 Å². The Morgan fingerprint density at radius 1 is 1.41 bits per heavy atom. The standard InChI is InChI=1S/C14H16ClFO/c15-14-11(7-4-8-12(14)16)9-13(17)10-5-2-1-3-6-10/h1-2,4,7-8,10,13,17H,3,5-6,9H2. The van der Waals surface area contributed by atoms with Crippen molar-refractivity contribution in [2.45, 2.75) is 31.8 Å². The summed E-state index contributed by atoms with van der Waals surface area (Å²) in [7, 11) is 0. The number of allylic oxidation sites excluding steroid dienone is 2. The van der Waals surface area contributed by atoms with E-state index in [1.165, 1.54) is 6.07 Å². The van der Waals surface area contributed by atoms with Gasteiger partial charge in [0.1, 0.15) is 5.82 Å². The SMILES string of the molecule is OC(Cc1cccc(F)c1Cl)C1CC=CCC1. The molecule has 1 aliphatic rings. The van der Waals surface area contributed by atoms with Crippen LogP contribution in [0.4, 0.5) is 4.39 Å². The average Bonchev–Trinajstić information content (AvgIpc) is 2.36. The molecule has 0 saturated heterocycles. The lowest BCUT2D eigenvalue weighted by atomic mass is 9.86. The lowest BCUT2D eigenvalue weighted by molar-refractivity contribution is 0.102. The highest BCUT2D eigenvalue weighted by Gasteiger charge is 2.21. The highest BCUT2D eigenvalue weighted by molar-refractivity contribution is 6.31. The van der Waals surface area contributed by atoms with Gasteiger partial charge in [0.2, 0.25) is 0 Å². The fraction of sp³-hybridized carbons (Fsp3) is 0.429. The summed E-state index contributed by atoms with van der Waals surface area (Å²) >= 11 is 5.88. The van der Waals surface area contributed by atoms with Gasteiger partial charge in [-0.05, 0) is 36.8 Å². The molecular formula is C14H16ClFO. The lowest BCUT2D eigenvalue weighted by Crippen LogP contribution is -2.23. The zero-order valence-electron chi connectivity index (χ0n) is 9.57. The third kappa shape index (κ3) is 3.08. The van der Waals surface area contributed by atoms with E-state index in [0.29, 0.717) is 12.0 Å². The quantitative estimate of drug-likeness (QED) is 0.815. The molecule has 0 fully saturated rings. The maximum absolute atomic E-state index is 13.2. The minimum atomic E-state index is -0.445. The van der Waals surface area contributed by atoms with E-state index >= 15 is 0 Å². The largest absolute Gasteiger partial charge is 0.392 e. The molecule has 0 amide bonds. The fourth-order valence-corrected chi connectivity index (χ4v) is 2.47. The number of aliphatic hydroxyl groups is 1. The van der Waals surface area contributed by atoms with Gasteiger partial charge in [-0.15, -0.1) is 0 Å². The minimum Gasteiger partial charge on any atom is -0.392 e. The Morgan fingerprint density at radius 2 is 2.24 bits per heavy atom. The molecule has 0 heterocycles. The number of benzene rings is 1. The zero-order chi connectivity index (χ0) is 12.3. The summed E-state index contributed by atoms with van der Waals surface area (Å²) in [4.78, 5) is 0. The summed E-state index contributed by atoms with van der Waals surface area (Å²) in [5.41, 5.74) is 0.689. The van der Waals surface area contributed by atoms with Crippen LogP contribution < -0.4 is 0 Å². The van der Waals surface area contributed by atoms with Crippen molar-refractivity contribution < 1.29 is 9.50 Å². The molecule has 0 saturated carbocycles. The van der Waals surface area contributed by atoms with Gasteiger partial charge in [0, 0.05) is 6.42 Å². The fourth-order valence-electron chi connectivity index (χ4n) is 2.26. The molecule has 0 aliphatic heterocycles. The molecule has 2 atom stereocenters. The maximum Gasteiger partial charge on any atom is 0.142 e. The van der Waals surface area contributed by atoms with Gasteiger partial charge in [0.25, 0.3) is 0 Å². The molecule has 0 radical (unpaired) electrons. The second-order valence-corrected chi connectivity index (χ2v) is 4.91. The Labute approximate surface area is 106 Å². The van der Waals surface area contributed by atoms with Gasteiger partial charge in [-0.1, -0.05) is 35.9 Å². The van der Waals surface area contributed by atoms with Crippen molar-refractivity contribution in [3.05, 3.63) is 46.8 Å². The van der Waals surface area contributed by atoms with Crippen LogP contribution in [-0.4, -0.2) is 11.2 Å². The van der Waals surface area contributed by atoms with Crippen LogP contribution in [0.3, 0.4) is 0 Å². The lowest BCUT2D eigenvalue weighted by Gasteiger charge is -2.24. The van der Waals surface area contributed by atoms with Crippen LogP contribution in [0.2, 0.25) is 5.02 Å². The minimum absolute atomic E-state index is 0.137. The van der Waals surface area contributed by atoms with Gasteiger partial charge in [-0.3, -0.25) is 0 Å². The van der Waals surface area contributed by atoms with Gasteiger partial charge in [0.05, 0.1) is 11.1 Å². The molecule has 1 N–H and O–H groups in total. The summed E-state index contributed by atoms with van der Waals surface area (Å²) in [6, 6.07) is 4.74. The van der Waals surface area contributed by atoms with E-state index in [-0.39, 0.29) is 10.9 Å². The van der Waals surface area contributed by atoms with E-state index in [2.05, 4.69) is 12.2 Å². The number of rotatable bonds is 3. The van der Waals surface area contributed by atoms with Crippen molar-refractivity contribution in [1.29, 1.82) is 0 Å². The number of halogens is 2. The van der Waals surface area contributed by atoms with Gasteiger partial charge in [0.15, 0.2) is 0 Å². The van der Waals surface area contributed by atoms with Gasteiger partial charge < -0.3 is 5.11 Å². The van der Waals surface area contributed by atoms with E-state index < -0.39 is 11.9 Å². The Bertz CT molecular complexity index is 417. The van der Waals surface area contributed by atoms with E-state index in [4.69, 9.17) is 11.6 Å². The van der Waals surface area contributed by atoms with Crippen LogP contribution >= 0.6 is 11.6 Å². The normalized spacial score (nSPS) is 21.5. The zero-order valence-corrected chi connectivity index (χ0v) is 10.3. The summed E-state index contributed by atoms with van der Waals surface area (Å²) in [5.74, 6) is -0.153. The highest BCUT2D eigenvalue weighted by Crippen LogP contribution is 2.27. The molecule has 17 heavy (non-hydrogen) atoms. The summed E-state index contributed by atoms with van der Waals surface area (Å²) in [6.07, 6.45) is 7.12. The molecule has 0 bridgehead atoms. The average molecular weight is 255 g/mol. The highest BCUT2D eigenvalue weighted by atomic mass is 35.5. The number of hydrogen-bond donors (Lipinski definition) is 1. The molecule has 1 aromatic rings. The Hall–Kier alpha value is -0.860. The molecule has 3 heteroatoms. The molecule has 1 aromatic carbocycles.